The fourth-order valence-corrected chi connectivity index (χ4v) is 2.77. The Kier molecular flexibility index (Phi) is 5.18. The van der Waals surface area contributed by atoms with E-state index in [4.69, 9.17) is 9.47 Å². The van der Waals surface area contributed by atoms with Crippen LogP contribution in [0.5, 0.6) is 5.75 Å². The zero-order chi connectivity index (χ0) is 18.1. The first-order valence-electron chi connectivity index (χ1n) is 8.07. The van der Waals surface area contributed by atoms with Crippen LogP contribution in [-0.2, 0) is 16.0 Å². The van der Waals surface area contributed by atoms with Gasteiger partial charge in [0.05, 0.1) is 19.1 Å². The SMILES string of the molecule is Cc1cc(C(O)CNC(=O)OC(C)(C)C)c(C)c2c1OC(=O)CC2. The highest BCUT2D eigenvalue weighted by Gasteiger charge is 2.25. The molecule has 1 unspecified atom stereocenters. The molecule has 6 nitrogen and oxygen atoms in total. The normalized spacial score (nSPS) is 15.3. The van der Waals surface area contributed by atoms with Gasteiger partial charge in [-0.1, -0.05) is 0 Å². The molecule has 0 aliphatic carbocycles. The van der Waals surface area contributed by atoms with E-state index < -0.39 is 17.8 Å². The average Bonchev–Trinajstić information content (AvgIpc) is 2.46. The Morgan fingerprint density at radius 1 is 1.38 bits per heavy atom. The maximum atomic E-state index is 11.7. The molecule has 1 heterocycles. The number of benzene rings is 1. The lowest BCUT2D eigenvalue weighted by molar-refractivity contribution is -0.135. The molecule has 1 aromatic rings. The van der Waals surface area contributed by atoms with E-state index in [1.165, 1.54) is 0 Å². The largest absolute Gasteiger partial charge is 0.444 e. The van der Waals surface area contributed by atoms with Gasteiger partial charge >= 0.3 is 12.1 Å². The summed E-state index contributed by atoms with van der Waals surface area (Å²) in [5.41, 5.74) is 2.77. The van der Waals surface area contributed by atoms with Crippen molar-refractivity contribution in [2.75, 3.05) is 6.54 Å². The van der Waals surface area contributed by atoms with Crippen molar-refractivity contribution in [2.45, 2.75) is 59.2 Å². The lowest BCUT2D eigenvalue weighted by Crippen LogP contribution is -2.35. The predicted octanol–water partition coefficient (Wildman–Crippen LogP) is 2.71. The van der Waals surface area contributed by atoms with Crippen molar-refractivity contribution in [1.29, 1.82) is 0 Å². The lowest BCUT2D eigenvalue weighted by atomic mass is 9.91. The molecule has 1 amide bonds. The second-order valence-electron chi connectivity index (χ2n) is 7.09. The summed E-state index contributed by atoms with van der Waals surface area (Å²) in [5, 5.41) is 13.0. The van der Waals surface area contributed by atoms with E-state index in [9.17, 15) is 14.7 Å². The van der Waals surface area contributed by atoms with Crippen LogP contribution in [0, 0.1) is 13.8 Å². The smallest absolute Gasteiger partial charge is 0.407 e. The molecule has 0 saturated carbocycles. The Morgan fingerprint density at radius 3 is 2.67 bits per heavy atom. The van der Waals surface area contributed by atoms with E-state index in [0.717, 1.165) is 22.3 Å². The van der Waals surface area contributed by atoms with Crippen molar-refractivity contribution in [3.63, 3.8) is 0 Å². The summed E-state index contributed by atoms with van der Waals surface area (Å²) in [4.78, 5) is 23.2. The van der Waals surface area contributed by atoms with Gasteiger partial charge in [-0.05, 0) is 69.4 Å². The van der Waals surface area contributed by atoms with Gasteiger partial charge in [-0.2, -0.15) is 0 Å². The van der Waals surface area contributed by atoms with Gasteiger partial charge in [0.15, 0.2) is 0 Å². The summed E-state index contributed by atoms with van der Waals surface area (Å²) < 4.78 is 10.5. The number of nitrogens with one attached hydrogen (secondary N) is 1. The summed E-state index contributed by atoms with van der Waals surface area (Å²) in [6.07, 6.45) is -0.494. The van der Waals surface area contributed by atoms with Gasteiger partial charge in [0, 0.05) is 0 Å². The third kappa shape index (κ3) is 4.26. The summed E-state index contributed by atoms with van der Waals surface area (Å²) in [7, 11) is 0. The standard InChI is InChI=1S/C18H25NO5/c1-10-8-13(11(2)12-6-7-15(21)23-16(10)12)14(20)9-19-17(22)24-18(3,4)5/h8,14,20H,6-7,9H2,1-5H3,(H,19,22). The molecule has 0 bridgehead atoms. The summed E-state index contributed by atoms with van der Waals surface area (Å²) in [5.74, 6) is 0.365. The van der Waals surface area contributed by atoms with Gasteiger partial charge in [0.1, 0.15) is 11.4 Å². The van der Waals surface area contributed by atoms with Crippen LogP contribution in [0.25, 0.3) is 0 Å². The molecule has 24 heavy (non-hydrogen) atoms. The summed E-state index contributed by atoms with van der Waals surface area (Å²) in [6, 6.07) is 1.80. The van der Waals surface area contributed by atoms with Gasteiger partial charge in [-0.15, -0.1) is 0 Å². The first kappa shape index (κ1) is 18.3. The Balaban J connectivity index is 2.13. The number of amides is 1. The number of aliphatic hydroxyl groups excluding tert-OH is 1. The third-order valence-corrected chi connectivity index (χ3v) is 3.88. The van der Waals surface area contributed by atoms with Gasteiger partial charge in [0.2, 0.25) is 0 Å². The number of alkyl carbamates (subject to hydrolysis) is 1. The fourth-order valence-electron chi connectivity index (χ4n) is 2.77. The quantitative estimate of drug-likeness (QED) is 0.655. The van der Waals surface area contributed by atoms with Gasteiger partial charge in [-0.3, -0.25) is 4.79 Å². The Morgan fingerprint density at radius 2 is 2.04 bits per heavy atom. The van der Waals surface area contributed by atoms with Crippen molar-refractivity contribution in [3.05, 3.63) is 28.3 Å². The molecule has 1 aliphatic rings. The molecule has 0 fully saturated rings. The van der Waals surface area contributed by atoms with E-state index in [-0.39, 0.29) is 12.5 Å². The second kappa shape index (κ2) is 6.81. The molecule has 2 rings (SSSR count). The average molecular weight is 335 g/mol. The number of hydrogen-bond acceptors (Lipinski definition) is 5. The number of aliphatic hydroxyl groups is 1. The van der Waals surface area contributed by atoms with Crippen LogP contribution in [-0.4, -0.2) is 29.3 Å². The van der Waals surface area contributed by atoms with Crippen LogP contribution < -0.4 is 10.1 Å². The van der Waals surface area contributed by atoms with Crippen molar-refractivity contribution in [1.82, 2.24) is 5.32 Å². The number of esters is 1. The molecule has 132 valence electrons. The fraction of sp³-hybridized carbons (Fsp3) is 0.556. The first-order chi connectivity index (χ1) is 11.1. The van der Waals surface area contributed by atoms with Crippen LogP contribution in [0.1, 0.15) is 55.5 Å². The highest BCUT2D eigenvalue weighted by Crippen LogP contribution is 2.35. The molecular weight excluding hydrogens is 310 g/mol. The molecule has 1 aromatic carbocycles. The minimum atomic E-state index is -0.862. The van der Waals surface area contributed by atoms with E-state index in [0.29, 0.717) is 18.6 Å². The van der Waals surface area contributed by atoms with Crippen LogP contribution in [0.2, 0.25) is 0 Å². The zero-order valence-electron chi connectivity index (χ0n) is 14.9. The number of ether oxygens (including phenoxy) is 2. The molecule has 0 saturated heterocycles. The van der Waals surface area contributed by atoms with Crippen molar-refractivity contribution >= 4 is 12.1 Å². The number of carbonyl (C=O) groups excluding carboxylic acids is 2. The number of aryl methyl sites for hydroxylation is 1. The van der Waals surface area contributed by atoms with E-state index in [1.807, 2.05) is 13.8 Å². The first-order valence-corrected chi connectivity index (χ1v) is 8.07. The second-order valence-corrected chi connectivity index (χ2v) is 7.09. The van der Waals surface area contributed by atoms with Crippen LogP contribution in [0.15, 0.2) is 6.07 Å². The number of carbonyl (C=O) groups is 2. The Hall–Kier alpha value is -2.08. The van der Waals surface area contributed by atoms with Gasteiger partial charge in [0.25, 0.3) is 0 Å². The van der Waals surface area contributed by atoms with Gasteiger partial charge in [-0.25, -0.2) is 4.79 Å². The van der Waals surface area contributed by atoms with Crippen molar-refractivity contribution < 1.29 is 24.2 Å². The highest BCUT2D eigenvalue weighted by atomic mass is 16.6. The topological polar surface area (TPSA) is 84.9 Å². The maximum absolute atomic E-state index is 11.7. The lowest BCUT2D eigenvalue weighted by Gasteiger charge is -2.24. The van der Waals surface area contributed by atoms with E-state index >= 15 is 0 Å². The minimum absolute atomic E-state index is 0.0494. The number of fused-ring (bicyclic) bond motifs is 1. The molecular formula is C18H25NO5. The number of rotatable bonds is 3. The van der Waals surface area contributed by atoms with Crippen LogP contribution in [0.4, 0.5) is 4.79 Å². The summed E-state index contributed by atoms with van der Waals surface area (Å²) >= 11 is 0. The molecule has 2 N–H and O–H groups in total. The molecule has 1 atom stereocenters. The molecule has 0 radical (unpaired) electrons. The van der Waals surface area contributed by atoms with E-state index in [1.54, 1.807) is 26.8 Å². The van der Waals surface area contributed by atoms with E-state index in [2.05, 4.69) is 5.32 Å². The Labute approximate surface area is 142 Å². The summed E-state index contributed by atoms with van der Waals surface area (Å²) in [6.45, 7) is 9.12. The van der Waals surface area contributed by atoms with Gasteiger partial charge < -0.3 is 19.9 Å². The molecule has 0 spiro atoms. The Bertz CT molecular complexity index is 660. The van der Waals surface area contributed by atoms with Crippen molar-refractivity contribution in [3.8, 4) is 5.75 Å². The predicted molar refractivity (Wildman–Crippen MR) is 89.1 cm³/mol. The molecule has 0 aromatic heterocycles. The number of hydrogen-bond donors (Lipinski definition) is 2. The van der Waals surface area contributed by atoms with Crippen molar-refractivity contribution in [2.24, 2.45) is 0 Å². The highest BCUT2D eigenvalue weighted by molar-refractivity contribution is 5.76. The van der Waals surface area contributed by atoms with Crippen LogP contribution in [0.3, 0.4) is 0 Å². The molecule has 1 aliphatic heterocycles. The third-order valence-electron chi connectivity index (χ3n) is 3.88. The van der Waals surface area contributed by atoms with Crippen LogP contribution >= 0.6 is 0 Å². The minimum Gasteiger partial charge on any atom is -0.444 e. The zero-order valence-corrected chi connectivity index (χ0v) is 14.9. The molecule has 6 heteroatoms. The maximum Gasteiger partial charge on any atom is 0.407 e. The monoisotopic (exact) mass is 335 g/mol.